The van der Waals surface area contributed by atoms with Crippen molar-refractivity contribution in [2.75, 3.05) is 32.8 Å². The second-order valence-electron chi connectivity index (χ2n) is 5.51. The number of nitrogens with zero attached hydrogens (tertiary/aromatic N) is 2. The average molecular weight is 285 g/mol. The molecule has 21 heavy (non-hydrogen) atoms. The van der Waals surface area contributed by atoms with Gasteiger partial charge in [0.15, 0.2) is 0 Å². The van der Waals surface area contributed by atoms with E-state index >= 15 is 0 Å². The number of nitrogens with one attached hydrogen (secondary N) is 1. The molecule has 2 heterocycles. The third kappa shape index (κ3) is 3.59. The molecule has 1 unspecified atom stereocenters. The van der Waals surface area contributed by atoms with Crippen LogP contribution in [0.15, 0.2) is 36.5 Å². The normalized spacial score (nSPS) is 20.0. The van der Waals surface area contributed by atoms with Crippen LogP contribution in [0, 0.1) is 0 Å². The fourth-order valence-corrected chi connectivity index (χ4v) is 2.87. The molecule has 4 nitrogen and oxygen atoms in total. The second kappa shape index (κ2) is 6.98. The first kappa shape index (κ1) is 14.4. The molecular formula is C17H23N3O. The number of pyridine rings is 1. The van der Waals surface area contributed by atoms with E-state index in [0.29, 0.717) is 6.10 Å². The number of likely N-dealkylation sites (N-methyl/N-ethyl adjacent to an activating group) is 1. The van der Waals surface area contributed by atoms with E-state index in [4.69, 9.17) is 4.74 Å². The maximum absolute atomic E-state index is 5.82. The minimum Gasteiger partial charge on any atom is -0.374 e. The van der Waals surface area contributed by atoms with Gasteiger partial charge in [0.25, 0.3) is 0 Å². The minimum atomic E-state index is 0.293. The highest BCUT2D eigenvalue weighted by Crippen LogP contribution is 2.15. The highest BCUT2D eigenvalue weighted by Gasteiger charge is 2.18. The molecule has 1 aromatic heterocycles. The van der Waals surface area contributed by atoms with Crippen molar-refractivity contribution in [1.82, 2.24) is 15.2 Å². The average Bonchev–Trinajstić information content (AvgIpc) is 2.55. The highest BCUT2D eigenvalue weighted by atomic mass is 16.5. The summed E-state index contributed by atoms with van der Waals surface area (Å²) in [5.41, 5.74) is 2.34. The van der Waals surface area contributed by atoms with Gasteiger partial charge < -0.3 is 10.1 Å². The molecule has 0 aliphatic carbocycles. The Morgan fingerprint density at radius 1 is 1.33 bits per heavy atom. The lowest BCUT2D eigenvalue weighted by atomic mass is 10.1. The van der Waals surface area contributed by atoms with Crippen molar-refractivity contribution >= 4 is 10.9 Å². The molecule has 1 N–H and O–H groups in total. The van der Waals surface area contributed by atoms with Crippen molar-refractivity contribution in [2.45, 2.75) is 19.6 Å². The molecule has 3 rings (SSSR count). The van der Waals surface area contributed by atoms with Crippen molar-refractivity contribution in [2.24, 2.45) is 0 Å². The molecule has 4 heteroatoms. The van der Waals surface area contributed by atoms with Gasteiger partial charge in [-0.3, -0.25) is 9.88 Å². The summed E-state index contributed by atoms with van der Waals surface area (Å²) >= 11 is 0. The fourth-order valence-electron chi connectivity index (χ4n) is 2.87. The smallest absolute Gasteiger partial charge is 0.0826 e. The van der Waals surface area contributed by atoms with Crippen LogP contribution >= 0.6 is 0 Å². The summed E-state index contributed by atoms with van der Waals surface area (Å²) in [6.07, 6.45) is 2.15. The molecule has 1 aliphatic rings. The SMILES string of the molecule is CCN1CCOC(CNCc2cccc3cccnc23)C1. The standard InChI is InChI=1S/C17H23N3O/c1-2-20-9-10-21-16(13-20)12-18-11-15-6-3-5-14-7-4-8-19-17(14)15/h3-8,16,18H,2,9-13H2,1H3. The Hall–Kier alpha value is -1.49. The van der Waals surface area contributed by atoms with E-state index in [-0.39, 0.29) is 0 Å². The summed E-state index contributed by atoms with van der Waals surface area (Å²) in [6.45, 7) is 7.96. The van der Waals surface area contributed by atoms with Gasteiger partial charge in [0.2, 0.25) is 0 Å². The molecule has 0 saturated carbocycles. The molecule has 1 aliphatic heterocycles. The van der Waals surface area contributed by atoms with Gasteiger partial charge in [0, 0.05) is 37.8 Å². The molecule has 2 aromatic rings. The predicted molar refractivity (Wildman–Crippen MR) is 85.3 cm³/mol. The van der Waals surface area contributed by atoms with E-state index in [9.17, 15) is 0 Å². The first-order valence-electron chi connectivity index (χ1n) is 7.74. The van der Waals surface area contributed by atoms with Crippen molar-refractivity contribution < 1.29 is 4.74 Å². The van der Waals surface area contributed by atoms with Crippen LogP contribution in [0.25, 0.3) is 10.9 Å². The van der Waals surface area contributed by atoms with Gasteiger partial charge in [-0.1, -0.05) is 31.2 Å². The molecule has 0 amide bonds. The largest absolute Gasteiger partial charge is 0.374 e. The Kier molecular flexibility index (Phi) is 4.80. The van der Waals surface area contributed by atoms with Gasteiger partial charge >= 0.3 is 0 Å². The molecule has 0 spiro atoms. The Balaban J connectivity index is 1.57. The van der Waals surface area contributed by atoms with E-state index in [1.165, 1.54) is 10.9 Å². The molecule has 1 fully saturated rings. The third-order valence-corrected chi connectivity index (χ3v) is 4.07. The molecule has 112 valence electrons. The summed E-state index contributed by atoms with van der Waals surface area (Å²) in [5.74, 6) is 0. The Morgan fingerprint density at radius 2 is 2.24 bits per heavy atom. The highest BCUT2D eigenvalue weighted by molar-refractivity contribution is 5.81. The summed E-state index contributed by atoms with van der Waals surface area (Å²) in [7, 11) is 0. The Labute approximate surface area is 126 Å². The van der Waals surface area contributed by atoms with Gasteiger partial charge in [0.1, 0.15) is 0 Å². The zero-order valence-electron chi connectivity index (χ0n) is 12.6. The van der Waals surface area contributed by atoms with Gasteiger partial charge in [-0.05, 0) is 18.2 Å². The van der Waals surface area contributed by atoms with Crippen LogP contribution in [-0.4, -0.2) is 48.8 Å². The summed E-state index contributed by atoms with van der Waals surface area (Å²) in [4.78, 5) is 6.93. The van der Waals surface area contributed by atoms with Crippen LogP contribution in [0.4, 0.5) is 0 Å². The number of rotatable bonds is 5. The van der Waals surface area contributed by atoms with E-state index in [2.05, 4.69) is 46.4 Å². The molecule has 0 radical (unpaired) electrons. The van der Waals surface area contributed by atoms with Crippen molar-refractivity contribution in [3.8, 4) is 0 Å². The Bertz CT molecular complexity index is 582. The maximum Gasteiger partial charge on any atom is 0.0826 e. The number of hydrogen-bond donors (Lipinski definition) is 1. The molecule has 1 aromatic carbocycles. The van der Waals surface area contributed by atoms with Crippen molar-refractivity contribution in [1.29, 1.82) is 0 Å². The number of fused-ring (bicyclic) bond motifs is 1. The third-order valence-electron chi connectivity index (χ3n) is 4.07. The number of aromatic nitrogens is 1. The van der Waals surface area contributed by atoms with Crippen LogP contribution in [0.2, 0.25) is 0 Å². The van der Waals surface area contributed by atoms with E-state index < -0.39 is 0 Å². The van der Waals surface area contributed by atoms with Crippen LogP contribution < -0.4 is 5.32 Å². The lowest BCUT2D eigenvalue weighted by molar-refractivity contribution is -0.0253. The number of hydrogen-bond acceptors (Lipinski definition) is 4. The van der Waals surface area contributed by atoms with Crippen LogP contribution in [0.3, 0.4) is 0 Å². The zero-order valence-corrected chi connectivity index (χ0v) is 12.6. The molecule has 0 bridgehead atoms. The van der Waals surface area contributed by atoms with E-state index in [0.717, 1.165) is 44.8 Å². The van der Waals surface area contributed by atoms with Crippen LogP contribution in [-0.2, 0) is 11.3 Å². The quantitative estimate of drug-likeness (QED) is 0.912. The number of para-hydroxylation sites is 1. The van der Waals surface area contributed by atoms with Gasteiger partial charge in [-0.25, -0.2) is 0 Å². The van der Waals surface area contributed by atoms with E-state index in [1.807, 2.05) is 12.3 Å². The predicted octanol–water partition coefficient (Wildman–Crippen LogP) is 2.05. The number of ether oxygens (including phenoxy) is 1. The summed E-state index contributed by atoms with van der Waals surface area (Å²) < 4.78 is 5.82. The van der Waals surface area contributed by atoms with Crippen molar-refractivity contribution in [3.63, 3.8) is 0 Å². The topological polar surface area (TPSA) is 37.4 Å². The maximum atomic E-state index is 5.82. The van der Waals surface area contributed by atoms with Crippen LogP contribution in [0.5, 0.6) is 0 Å². The first-order chi connectivity index (χ1) is 10.4. The molecular weight excluding hydrogens is 262 g/mol. The van der Waals surface area contributed by atoms with Gasteiger partial charge in [-0.2, -0.15) is 0 Å². The second-order valence-corrected chi connectivity index (χ2v) is 5.51. The lowest BCUT2D eigenvalue weighted by Gasteiger charge is -2.32. The fraction of sp³-hybridized carbons (Fsp3) is 0.471. The van der Waals surface area contributed by atoms with E-state index in [1.54, 1.807) is 0 Å². The zero-order chi connectivity index (χ0) is 14.5. The first-order valence-corrected chi connectivity index (χ1v) is 7.74. The Morgan fingerprint density at radius 3 is 3.14 bits per heavy atom. The number of morpholine rings is 1. The monoisotopic (exact) mass is 285 g/mol. The van der Waals surface area contributed by atoms with Crippen molar-refractivity contribution in [3.05, 3.63) is 42.1 Å². The summed E-state index contributed by atoms with van der Waals surface area (Å²) in [6, 6.07) is 10.4. The lowest BCUT2D eigenvalue weighted by Crippen LogP contribution is -2.46. The molecule has 1 saturated heterocycles. The number of benzene rings is 1. The van der Waals surface area contributed by atoms with Gasteiger partial charge in [-0.15, -0.1) is 0 Å². The van der Waals surface area contributed by atoms with Gasteiger partial charge in [0.05, 0.1) is 18.2 Å². The minimum absolute atomic E-state index is 0.293. The molecule has 1 atom stereocenters. The summed E-state index contributed by atoms with van der Waals surface area (Å²) in [5, 5.41) is 4.71. The van der Waals surface area contributed by atoms with Crippen LogP contribution in [0.1, 0.15) is 12.5 Å².